The second-order valence-corrected chi connectivity index (χ2v) is 7.86. The van der Waals surface area contributed by atoms with Crippen LogP contribution in [0.15, 0.2) is 47.1 Å². The number of piperazine rings is 1. The minimum atomic E-state index is -0.113. The Morgan fingerprint density at radius 2 is 1.83 bits per heavy atom. The summed E-state index contributed by atoms with van der Waals surface area (Å²) < 4.78 is 5.26. The van der Waals surface area contributed by atoms with Gasteiger partial charge in [-0.25, -0.2) is 9.78 Å². The fourth-order valence-corrected chi connectivity index (χ4v) is 3.29. The normalized spacial score (nSPS) is 14.3. The molecule has 0 radical (unpaired) electrons. The zero-order valence-electron chi connectivity index (χ0n) is 16.9. The number of amides is 2. The predicted octanol–water partition coefficient (Wildman–Crippen LogP) is 4.26. The minimum absolute atomic E-state index is 0.113. The number of aromatic nitrogens is 3. The molecule has 0 spiro atoms. The molecule has 1 aliphatic heterocycles. The molecule has 0 unspecified atom stereocenters. The number of carbonyl (C=O) groups is 1. The average Bonchev–Trinajstić information content (AvgIpc) is 3.26. The Hall–Kier alpha value is -3.13. The topological polar surface area (TPSA) is 87.4 Å². The van der Waals surface area contributed by atoms with E-state index in [9.17, 15) is 4.79 Å². The fourth-order valence-electron chi connectivity index (χ4n) is 3.17. The molecule has 8 nitrogen and oxygen atoms in total. The number of carbonyl (C=O) groups excluding carboxylic acids is 1. The van der Waals surface area contributed by atoms with E-state index in [2.05, 4.69) is 25.3 Å². The smallest absolute Gasteiger partial charge is 0.321 e. The lowest BCUT2D eigenvalue weighted by Gasteiger charge is -2.35. The maximum Gasteiger partial charge on any atom is 0.321 e. The van der Waals surface area contributed by atoms with Gasteiger partial charge >= 0.3 is 6.03 Å². The van der Waals surface area contributed by atoms with Crippen molar-refractivity contribution >= 4 is 29.1 Å². The number of urea groups is 1. The molecule has 9 heteroatoms. The summed E-state index contributed by atoms with van der Waals surface area (Å²) in [6.45, 7) is 6.67. The van der Waals surface area contributed by atoms with Gasteiger partial charge in [0.25, 0.3) is 0 Å². The van der Waals surface area contributed by atoms with Crippen molar-refractivity contribution in [1.29, 1.82) is 0 Å². The number of nitrogens with one attached hydrogen (secondary N) is 1. The standard InChI is InChI=1S/C21H23ClN6O2/c1-14(2)20-25-19(26-30-20)15-3-8-18(23-13-15)27-9-11-28(12-10-27)21(29)24-17-6-4-16(22)5-7-17/h3-8,13-14H,9-12H2,1-2H3,(H,24,29). The van der Waals surface area contributed by atoms with E-state index in [1.54, 1.807) is 35.4 Å². The first-order valence-electron chi connectivity index (χ1n) is 9.86. The van der Waals surface area contributed by atoms with Crippen LogP contribution in [0.25, 0.3) is 11.4 Å². The first-order valence-corrected chi connectivity index (χ1v) is 10.2. The molecule has 1 saturated heterocycles. The molecule has 30 heavy (non-hydrogen) atoms. The summed E-state index contributed by atoms with van der Waals surface area (Å²) in [6.07, 6.45) is 1.75. The van der Waals surface area contributed by atoms with Gasteiger partial charge in [0, 0.05) is 54.6 Å². The number of anilines is 2. The van der Waals surface area contributed by atoms with Gasteiger partial charge in [0.2, 0.25) is 11.7 Å². The third kappa shape index (κ3) is 4.54. The Balaban J connectivity index is 1.33. The van der Waals surface area contributed by atoms with Crippen LogP contribution in [-0.4, -0.2) is 52.2 Å². The van der Waals surface area contributed by atoms with Gasteiger partial charge in [-0.3, -0.25) is 0 Å². The number of hydrogen-bond acceptors (Lipinski definition) is 6. The van der Waals surface area contributed by atoms with Crippen LogP contribution in [0.3, 0.4) is 0 Å². The molecule has 1 aromatic carbocycles. The Morgan fingerprint density at radius 1 is 1.10 bits per heavy atom. The maximum absolute atomic E-state index is 12.5. The minimum Gasteiger partial charge on any atom is -0.353 e. The highest BCUT2D eigenvalue weighted by atomic mass is 35.5. The van der Waals surface area contributed by atoms with E-state index in [0.717, 1.165) is 17.1 Å². The molecule has 3 aromatic rings. The third-order valence-electron chi connectivity index (χ3n) is 4.93. The number of rotatable bonds is 4. The molecule has 0 bridgehead atoms. The summed E-state index contributed by atoms with van der Waals surface area (Å²) in [7, 11) is 0. The number of nitrogens with zero attached hydrogens (tertiary/aromatic N) is 5. The monoisotopic (exact) mass is 426 g/mol. The number of pyridine rings is 1. The molecule has 1 N–H and O–H groups in total. The second kappa shape index (κ2) is 8.71. The van der Waals surface area contributed by atoms with Gasteiger partial charge in [0.1, 0.15) is 5.82 Å². The Kier molecular flexibility index (Phi) is 5.85. The van der Waals surface area contributed by atoms with E-state index in [0.29, 0.717) is 42.9 Å². The van der Waals surface area contributed by atoms with Crippen molar-refractivity contribution in [1.82, 2.24) is 20.0 Å². The van der Waals surface area contributed by atoms with Gasteiger partial charge in [-0.15, -0.1) is 0 Å². The zero-order chi connectivity index (χ0) is 21.1. The molecular formula is C21H23ClN6O2. The van der Waals surface area contributed by atoms with E-state index >= 15 is 0 Å². The zero-order valence-corrected chi connectivity index (χ0v) is 17.6. The summed E-state index contributed by atoms with van der Waals surface area (Å²) in [6, 6.07) is 10.9. The molecule has 1 aliphatic rings. The summed E-state index contributed by atoms with van der Waals surface area (Å²) in [5, 5.41) is 7.56. The summed E-state index contributed by atoms with van der Waals surface area (Å²) in [4.78, 5) is 25.4. The lowest BCUT2D eigenvalue weighted by atomic mass is 10.2. The van der Waals surface area contributed by atoms with E-state index in [1.807, 2.05) is 26.0 Å². The first kappa shape index (κ1) is 20.2. The molecular weight excluding hydrogens is 404 g/mol. The quantitative estimate of drug-likeness (QED) is 0.670. The summed E-state index contributed by atoms with van der Waals surface area (Å²) in [5.74, 6) is 2.21. The van der Waals surface area contributed by atoms with Crippen LogP contribution in [0.5, 0.6) is 0 Å². The molecule has 2 aromatic heterocycles. The highest BCUT2D eigenvalue weighted by Crippen LogP contribution is 2.22. The van der Waals surface area contributed by atoms with Gasteiger partial charge in [0.05, 0.1) is 0 Å². The fraction of sp³-hybridized carbons (Fsp3) is 0.333. The molecule has 3 heterocycles. The average molecular weight is 427 g/mol. The van der Waals surface area contributed by atoms with Crippen LogP contribution in [0.1, 0.15) is 25.7 Å². The maximum atomic E-state index is 12.5. The van der Waals surface area contributed by atoms with Crippen molar-refractivity contribution in [3.05, 3.63) is 53.5 Å². The van der Waals surface area contributed by atoms with Crippen LogP contribution in [0.2, 0.25) is 5.02 Å². The lowest BCUT2D eigenvalue weighted by molar-refractivity contribution is 0.208. The Labute approximate surface area is 179 Å². The molecule has 0 saturated carbocycles. The number of halogens is 1. The van der Waals surface area contributed by atoms with Crippen molar-refractivity contribution in [2.45, 2.75) is 19.8 Å². The van der Waals surface area contributed by atoms with Gasteiger partial charge in [-0.05, 0) is 36.4 Å². The molecule has 2 amide bonds. The van der Waals surface area contributed by atoms with Gasteiger partial charge < -0.3 is 19.6 Å². The highest BCUT2D eigenvalue weighted by molar-refractivity contribution is 6.30. The third-order valence-corrected chi connectivity index (χ3v) is 5.18. The Bertz CT molecular complexity index is 995. The van der Waals surface area contributed by atoms with Crippen LogP contribution in [0, 0.1) is 0 Å². The molecule has 1 fully saturated rings. The van der Waals surface area contributed by atoms with E-state index in [1.165, 1.54) is 0 Å². The largest absolute Gasteiger partial charge is 0.353 e. The lowest BCUT2D eigenvalue weighted by Crippen LogP contribution is -2.50. The number of benzene rings is 1. The SMILES string of the molecule is CC(C)c1nc(-c2ccc(N3CCN(C(=O)Nc4ccc(Cl)cc4)CC3)nc2)no1. The van der Waals surface area contributed by atoms with Gasteiger partial charge in [-0.2, -0.15) is 4.98 Å². The molecule has 156 valence electrons. The van der Waals surface area contributed by atoms with Crippen LogP contribution >= 0.6 is 11.6 Å². The van der Waals surface area contributed by atoms with Crippen molar-refractivity contribution in [3.8, 4) is 11.4 Å². The molecule has 4 rings (SSSR count). The van der Waals surface area contributed by atoms with Crippen molar-refractivity contribution < 1.29 is 9.32 Å². The van der Waals surface area contributed by atoms with Crippen molar-refractivity contribution in [3.63, 3.8) is 0 Å². The van der Waals surface area contributed by atoms with Crippen LogP contribution in [-0.2, 0) is 0 Å². The summed E-state index contributed by atoms with van der Waals surface area (Å²) >= 11 is 5.88. The van der Waals surface area contributed by atoms with Crippen LogP contribution < -0.4 is 10.2 Å². The van der Waals surface area contributed by atoms with E-state index in [4.69, 9.17) is 16.1 Å². The van der Waals surface area contributed by atoms with Gasteiger partial charge in [0.15, 0.2) is 0 Å². The van der Waals surface area contributed by atoms with Crippen molar-refractivity contribution in [2.75, 3.05) is 36.4 Å². The van der Waals surface area contributed by atoms with Crippen LogP contribution in [0.4, 0.5) is 16.3 Å². The second-order valence-electron chi connectivity index (χ2n) is 7.43. The van der Waals surface area contributed by atoms with Crippen molar-refractivity contribution in [2.24, 2.45) is 0 Å². The number of hydrogen-bond donors (Lipinski definition) is 1. The Morgan fingerprint density at radius 3 is 2.43 bits per heavy atom. The van der Waals surface area contributed by atoms with Gasteiger partial charge in [-0.1, -0.05) is 30.6 Å². The first-order chi connectivity index (χ1) is 14.5. The van der Waals surface area contributed by atoms with E-state index in [-0.39, 0.29) is 11.9 Å². The van der Waals surface area contributed by atoms with E-state index < -0.39 is 0 Å². The predicted molar refractivity (Wildman–Crippen MR) is 116 cm³/mol. The molecule has 0 aliphatic carbocycles. The summed E-state index contributed by atoms with van der Waals surface area (Å²) in [5.41, 5.74) is 1.54. The molecule has 0 atom stereocenters. The highest BCUT2D eigenvalue weighted by Gasteiger charge is 2.22.